The van der Waals surface area contributed by atoms with Gasteiger partial charge in [-0.1, -0.05) is 158 Å². The Morgan fingerprint density at radius 3 is 1.20 bits per heavy atom. The van der Waals surface area contributed by atoms with Crippen LogP contribution in [0.4, 0.5) is 0 Å². The van der Waals surface area contributed by atoms with Crippen LogP contribution in [0.25, 0.3) is 83.4 Å². The summed E-state index contributed by atoms with van der Waals surface area (Å²) in [6.45, 7) is 0. The van der Waals surface area contributed by atoms with Gasteiger partial charge in [0.1, 0.15) is 0 Å². The van der Waals surface area contributed by atoms with Crippen LogP contribution in [0.2, 0.25) is 0 Å². The van der Waals surface area contributed by atoms with E-state index in [1.54, 1.807) is 0 Å². The van der Waals surface area contributed by atoms with Crippen LogP contribution < -0.4 is 0 Å². The maximum absolute atomic E-state index is 5.04. The van der Waals surface area contributed by atoms with Crippen molar-refractivity contribution in [3.63, 3.8) is 0 Å². The van der Waals surface area contributed by atoms with Gasteiger partial charge in [0.25, 0.3) is 0 Å². The van der Waals surface area contributed by atoms with E-state index in [4.69, 9.17) is 4.98 Å². The lowest BCUT2D eigenvalue weighted by atomic mass is 9.96. The van der Waals surface area contributed by atoms with Crippen molar-refractivity contribution < 1.29 is 0 Å². The molecule has 0 radical (unpaired) electrons. The van der Waals surface area contributed by atoms with Gasteiger partial charge in [0, 0.05) is 27.6 Å². The van der Waals surface area contributed by atoms with Gasteiger partial charge < -0.3 is 4.57 Å². The van der Waals surface area contributed by atoms with Crippen LogP contribution in [0.5, 0.6) is 0 Å². The average Bonchev–Trinajstić information content (AvgIpc) is 3.53. The molecule has 49 heavy (non-hydrogen) atoms. The molecule has 7 aromatic carbocycles. The molecule has 0 unspecified atom stereocenters. The lowest BCUT2D eigenvalue weighted by Crippen LogP contribution is -1.94. The Labute approximate surface area is 286 Å². The van der Waals surface area contributed by atoms with E-state index >= 15 is 0 Å². The molecule has 0 N–H and O–H groups in total. The molecule has 0 bridgehead atoms. The number of pyridine rings is 1. The van der Waals surface area contributed by atoms with Gasteiger partial charge in [-0.05, 0) is 69.8 Å². The maximum Gasteiger partial charge on any atom is 0.0715 e. The predicted molar refractivity (Wildman–Crippen MR) is 206 cm³/mol. The highest BCUT2D eigenvalue weighted by molar-refractivity contribution is 6.09. The molecule has 0 spiro atoms. The fourth-order valence-corrected chi connectivity index (χ4v) is 6.95. The Morgan fingerprint density at radius 2 is 0.694 bits per heavy atom. The second-order valence-electron chi connectivity index (χ2n) is 12.4. The minimum absolute atomic E-state index is 0.971. The third-order valence-electron chi connectivity index (χ3n) is 9.42. The molecule has 9 aromatic rings. The number of rotatable bonds is 6. The molecule has 2 aromatic heterocycles. The first-order chi connectivity index (χ1) is 24.3. The van der Waals surface area contributed by atoms with E-state index in [1.165, 1.54) is 49.6 Å². The summed E-state index contributed by atoms with van der Waals surface area (Å²) >= 11 is 0. The van der Waals surface area contributed by atoms with Gasteiger partial charge in [-0.15, -0.1) is 0 Å². The Kier molecular flexibility index (Phi) is 7.18. The molecular formula is C47H32N2. The van der Waals surface area contributed by atoms with E-state index in [0.717, 1.165) is 33.8 Å². The molecule has 2 heterocycles. The number of benzene rings is 7. The third kappa shape index (κ3) is 5.40. The molecule has 0 saturated carbocycles. The second kappa shape index (κ2) is 12.3. The SMILES string of the molecule is c1ccc(-c2cc(-c3ccc(-c4ccc(-c5cccc(-n6c7ccccc7c7ccccc76)c5)cc4)cc3)cc(-c3ccccc3)n2)cc1. The van der Waals surface area contributed by atoms with Crippen LogP contribution in [0.1, 0.15) is 0 Å². The summed E-state index contributed by atoms with van der Waals surface area (Å²) in [5.74, 6) is 0. The fraction of sp³-hybridized carbons (Fsp3) is 0. The topological polar surface area (TPSA) is 17.8 Å². The normalized spacial score (nSPS) is 11.3. The lowest BCUT2D eigenvalue weighted by molar-refractivity contribution is 1.18. The lowest BCUT2D eigenvalue weighted by Gasteiger charge is -2.12. The zero-order chi connectivity index (χ0) is 32.6. The largest absolute Gasteiger partial charge is 0.309 e. The highest BCUT2D eigenvalue weighted by atomic mass is 15.0. The van der Waals surface area contributed by atoms with Crippen molar-refractivity contribution in [2.24, 2.45) is 0 Å². The number of para-hydroxylation sites is 2. The van der Waals surface area contributed by atoms with Gasteiger partial charge in [-0.3, -0.25) is 0 Å². The first-order valence-corrected chi connectivity index (χ1v) is 16.7. The Hall–Kier alpha value is -6.51. The van der Waals surface area contributed by atoms with Gasteiger partial charge in [0.15, 0.2) is 0 Å². The first-order valence-electron chi connectivity index (χ1n) is 16.7. The molecule has 9 rings (SSSR count). The van der Waals surface area contributed by atoms with Crippen LogP contribution >= 0.6 is 0 Å². The zero-order valence-electron chi connectivity index (χ0n) is 26.9. The molecule has 0 aliphatic carbocycles. The number of fused-ring (bicyclic) bond motifs is 3. The summed E-state index contributed by atoms with van der Waals surface area (Å²) in [5.41, 5.74) is 14.9. The summed E-state index contributed by atoms with van der Waals surface area (Å²) in [4.78, 5) is 5.04. The number of hydrogen-bond acceptors (Lipinski definition) is 1. The van der Waals surface area contributed by atoms with E-state index in [2.05, 4.69) is 187 Å². The summed E-state index contributed by atoms with van der Waals surface area (Å²) < 4.78 is 2.37. The molecule has 2 nitrogen and oxygen atoms in total. The van der Waals surface area contributed by atoms with Crippen LogP contribution in [0, 0.1) is 0 Å². The van der Waals surface area contributed by atoms with Crippen molar-refractivity contribution in [1.29, 1.82) is 0 Å². The van der Waals surface area contributed by atoms with Crippen LogP contribution in [-0.4, -0.2) is 9.55 Å². The molecule has 2 heteroatoms. The molecule has 230 valence electrons. The smallest absolute Gasteiger partial charge is 0.0715 e. The van der Waals surface area contributed by atoms with Gasteiger partial charge in [-0.2, -0.15) is 0 Å². The molecule has 0 saturated heterocycles. The molecule has 0 aliphatic rings. The van der Waals surface area contributed by atoms with Crippen molar-refractivity contribution in [3.8, 4) is 61.6 Å². The van der Waals surface area contributed by atoms with Crippen molar-refractivity contribution >= 4 is 21.8 Å². The summed E-state index contributed by atoms with van der Waals surface area (Å²) in [6, 6.07) is 69.2. The van der Waals surface area contributed by atoms with Crippen molar-refractivity contribution in [1.82, 2.24) is 9.55 Å². The second-order valence-corrected chi connectivity index (χ2v) is 12.4. The maximum atomic E-state index is 5.04. The third-order valence-corrected chi connectivity index (χ3v) is 9.42. The minimum atomic E-state index is 0.971. The standard InChI is InChI=1S/C47H32N2/c1-3-12-37(13-4-1)44-31-40(32-45(48-44)38-14-5-2-6-15-38)36-28-24-34(25-29-36)33-22-26-35(27-23-33)39-16-11-17-41(30-39)49-46-20-9-7-18-42(46)43-19-8-10-21-47(43)49/h1-32H. The van der Waals surface area contributed by atoms with E-state index in [-0.39, 0.29) is 0 Å². The predicted octanol–water partition coefficient (Wildman–Crippen LogP) is 12.5. The summed E-state index contributed by atoms with van der Waals surface area (Å²) in [6.07, 6.45) is 0. The Balaban J connectivity index is 1.02. The highest BCUT2D eigenvalue weighted by Crippen LogP contribution is 2.35. The Bertz CT molecular complexity index is 2450. The van der Waals surface area contributed by atoms with Gasteiger partial charge in [0.05, 0.1) is 22.4 Å². The number of aromatic nitrogens is 2. The quantitative estimate of drug-likeness (QED) is 0.180. The average molecular weight is 625 g/mol. The van der Waals surface area contributed by atoms with Gasteiger partial charge in [0.2, 0.25) is 0 Å². The van der Waals surface area contributed by atoms with Crippen molar-refractivity contribution in [2.75, 3.05) is 0 Å². The number of hydrogen-bond donors (Lipinski definition) is 0. The molecule has 0 atom stereocenters. The van der Waals surface area contributed by atoms with E-state index < -0.39 is 0 Å². The van der Waals surface area contributed by atoms with E-state index in [0.29, 0.717) is 0 Å². The first kappa shape index (κ1) is 28.7. The van der Waals surface area contributed by atoms with E-state index in [1.807, 2.05) is 12.1 Å². The monoisotopic (exact) mass is 624 g/mol. The highest BCUT2D eigenvalue weighted by Gasteiger charge is 2.13. The van der Waals surface area contributed by atoms with Gasteiger partial charge >= 0.3 is 0 Å². The Morgan fingerprint density at radius 1 is 0.286 bits per heavy atom. The zero-order valence-corrected chi connectivity index (χ0v) is 26.9. The van der Waals surface area contributed by atoms with E-state index in [9.17, 15) is 0 Å². The molecule has 0 fully saturated rings. The fourth-order valence-electron chi connectivity index (χ4n) is 6.95. The molecule has 0 aliphatic heterocycles. The summed E-state index contributed by atoms with van der Waals surface area (Å²) in [5, 5.41) is 2.55. The van der Waals surface area contributed by atoms with Crippen LogP contribution in [-0.2, 0) is 0 Å². The van der Waals surface area contributed by atoms with Crippen LogP contribution in [0.3, 0.4) is 0 Å². The van der Waals surface area contributed by atoms with Crippen molar-refractivity contribution in [2.45, 2.75) is 0 Å². The minimum Gasteiger partial charge on any atom is -0.309 e. The van der Waals surface area contributed by atoms with Crippen molar-refractivity contribution in [3.05, 3.63) is 194 Å². The van der Waals surface area contributed by atoms with Crippen LogP contribution in [0.15, 0.2) is 194 Å². The molecule has 0 amide bonds. The number of nitrogens with zero attached hydrogens (tertiary/aromatic N) is 2. The molecular weight excluding hydrogens is 593 g/mol. The summed E-state index contributed by atoms with van der Waals surface area (Å²) in [7, 11) is 0. The van der Waals surface area contributed by atoms with Gasteiger partial charge in [-0.25, -0.2) is 4.98 Å².